The van der Waals surface area contributed by atoms with E-state index in [0.717, 1.165) is 25.1 Å². The topological polar surface area (TPSA) is 76.6 Å². The van der Waals surface area contributed by atoms with Crippen LogP contribution in [0.3, 0.4) is 0 Å². The third kappa shape index (κ3) is 3.84. The smallest absolute Gasteiger partial charge is 0.272 e. The van der Waals surface area contributed by atoms with Gasteiger partial charge in [-0.3, -0.25) is 4.79 Å². The van der Waals surface area contributed by atoms with Gasteiger partial charge in [-0.2, -0.15) is 0 Å². The molecule has 2 aliphatic heterocycles. The summed E-state index contributed by atoms with van der Waals surface area (Å²) < 4.78 is 11.4. The number of amides is 1. The summed E-state index contributed by atoms with van der Waals surface area (Å²) in [4.78, 5) is 23.3. The monoisotopic (exact) mass is 334 g/mol. The second-order valence-corrected chi connectivity index (χ2v) is 6.40. The standard InChI is InChI=1S/C17H26N4O3/c1-3-4-7-18-16-19-13(2)12-14(20-16)15(22)21-8-5-17(6-9-21)23-10-11-24-17/h12H,3-11H2,1-2H3,(H,18,19,20). The van der Waals surface area contributed by atoms with E-state index in [9.17, 15) is 4.79 Å². The Morgan fingerprint density at radius 3 is 2.67 bits per heavy atom. The number of rotatable bonds is 5. The van der Waals surface area contributed by atoms with Crippen LogP contribution in [0.2, 0.25) is 0 Å². The Kier molecular flexibility index (Phi) is 5.30. The van der Waals surface area contributed by atoms with Gasteiger partial charge in [-0.1, -0.05) is 13.3 Å². The van der Waals surface area contributed by atoms with Gasteiger partial charge >= 0.3 is 0 Å². The molecule has 132 valence electrons. The number of piperidine rings is 1. The number of aromatic nitrogens is 2. The van der Waals surface area contributed by atoms with Gasteiger partial charge in [-0.15, -0.1) is 0 Å². The Bertz CT molecular complexity index is 577. The molecule has 24 heavy (non-hydrogen) atoms. The Balaban J connectivity index is 1.64. The van der Waals surface area contributed by atoms with Gasteiger partial charge in [-0.25, -0.2) is 9.97 Å². The van der Waals surface area contributed by atoms with E-state index in [2.05, 4.69) is 22.2 Å². The number of hydrogen-bond donors (Lipinski definition) is 1. The summed E-state index contributed by atoms with van der Waals surface area (Å²) in [5, 5.41) is 3.19. The van der Waals surface area contributed by atoms with E-state index in [1.807, 2.05) is 11.8 Å². The molecule has 1 aromatic heterocycles. The van der Waals surface area contributed by atoms with Crippen LogP contribution in [-0.4, -0.2) is 59.4 Å². The highest BCUT2D eigenvalue weighted by molar-refractivity contribution is 5.92. The summed E-state index contributed by atoms with van der Waals surface area (Å²) in [5.74, 6) is 0.0141. The molecule has 1 aromatic rings. The van der Waals surface area contributed by atoms with Crippen molar-refractivity contribution in [2.24, 2.45) is 0 Å². The van der Waals surface area contributed by atoms with E-state index < -0.39 is 5.79 Å². The number of aryl methyl sites for hydroxylation is 1. The van der Waals surface area contributed by atoms with Crippen LogP contribution >= 0.6 is 0 Å². The third-order valence-electron chi connectivity index (χ3n) is 4.51. The minimum Gasteiger partial charge on any atom is -0.354 e. The van der Waals surface area contributed by atoms with Gasteiger partial charge in [0, 0.05) is 38.2 Å². The highest BCUT2D eigenvalue weighted by Crippen LogP contribution is 2.31. The molecule has 2 fully saturated rings. The number of likely N-dealkylation sites (tertiary alicyclic amines) is 1. The van der Waals surface area contributed by atoms with E-state index in [4.69, 9.17) is 9.47 Å². The van der Waals surface area contributed by atoms with Crippen LogP contribution in [-0.2, 0) is 9.47 Å². The minimum atomic E-state index is -0.467. The zero-order chi connectivity index (χ0) is 17.0. The summed E-state index contributed by atoms with van der Waals surface area (Å²) in [6.45, 7) is 7.37. The molecule has 1 amide bonds. The maximum atomic E-state index is 12.8. The zero-order valence-electron chi connectivity index (χ0n) is 14.5. The van der Waals surface area contributed by atoms with Gasteiger partial charge in [-0.05, 0) is 19.4 Å². The molecular formula is C17H26N4O3. The maximum absolute atomic E-state index is 12.8. The van der Waals surface area contributed by atoms with Crippen molar-refractivity contribution in [3.63, 3.8) is 0 Å². The fourth-order valence-corrected chi connectivity index (χ4v) is 3.13. The molecule has 7 heteroatoms. The number of hydrogen-bond acceptors (Lipinski definition) is 6. The molecule has 1 N–H and O–H groups in total. The SMILES string of the molecule is CCCCNc1nc(C)cc(C(=O)N2CCC3(CC2)OCCO3)n1. The lowest BCUT2D eigenvalue weighted by molar-refractivity contribution is -0.181. The summed E-state index contributed by atoms with van der Waals surface area (Å²) in [6, 6.07) is 1.75. The summed E-state index contributed by atoms with van der Waals surface area (Å²) in [7, 11) is 0. The Morgan fingerprint density at radius 1 is 1.29 bits per heavy atom. The normalized spacial score (nSPS) is 19.7. The lowest BCUT2D eigenvalue weighted by atomic mass is 10.0. The molecule has 0 saturated carbocycles. The number of ether oxygens (including phenoxy) is 2. The van der Waals surface area contributed by atoms with Crippen molar-refractivity contribution in [1.29, 1.82) is 0 Å². The van der Waals surface area contributed by atoms with Gasteiger partial charge < -0.3 is 19.7 Å². The average molecular weight is 334 g/mol. The third-order valence-corrected chi connectivity index (χ3v) is 4.51. The largest absolute Gasteiger partial charge is 0.354 e. The second kappa shape index (κ2) is 7.44. The van der Waals surface area contributed by atoms with Crippen LogP contribution in [0, 0.1) is 6.92 Å². The van der Waals surface area contributed by atoms with Gasteiger partial charge in [0.15, 0.2) is 5.79 Å². The van der Waals surface area contributed by atoms with Crippen LogP contribution in [0.5, 0.6) is 0 Å². The predicted octanol–water partition coefficient (Wildman–Crippen LogP) is 1.98. The van der Waals surface area contributed by atoms with E-state index in [0.29, 0.717) is 50.8 Å². The first-order chi connectivity index (χ1) is 11.6. The number of nitrogens with zero attached hydrogens (tertiary/aromatic N) is 3. The van der Waals surface area contributed by atoms with Gasteiger partial charge in [0.1, 0.15) is 5.69 Å². The highest BCUT2D eigenvalue weighted by Gasteiger charge is 2.41. The van der Waals surface area contributed by atoms with Crippen LogP contribution < -0.4 is 5.32 Å². The summed E-state index contributed by atoms with van der Waals surface area (Å²) >= 11 is 0. The molecule has 2 saturated heterocycles. The first-order valence-corrected chi connectivity index (χ1v) is 8.79. The molecular weight excluding hydrogens is 308 g/mol. The summed E-state index contributed by atoms with van der Waals surface area (Å²) in [5.41, 5.74) is 1.24. The fraction of sp³-hybridized carbons (Fsp3) is 0.706. The van der Waals surface area contributed by atoms with E-state index >= 15 is 0 Å². The average Bonchev–Trinajstić information content (AvgIpc) is 3.03. The first kappa shape index (κ1) is 17.1. The molecule has 1 spiro atoms. The van der Waals surface area contributed by atoms with Crippen LogP contribution in [0.1, 0.15) is 48.8 Å². The quantitative estimate of drug-likeness (QED) is 0.830. The Labute approximate surface area is 142 Å². The number of anilines is 1. The van der Waals surface area contributed by atoms with Crippen molar-refractivity contribution in [3.8, 4) is 0 Å². The lowest BCUT2D eigenvalue weighted by Gasteiger charge is -2.37. The molecule has 2 aliphatic rings. The molecule has 3 rings (SSSR count). The molecule has 3 heterocycles. The second-order valence-electron chi connectivity index (χ2n) is 6.40. The maximum Gasteiger partial charge on any atom is 0.272 e. The Morgan fingerprint density at radius 2 is 2.00 bits per heavy atom. The van der Waals surface area contributed by atoms with Crippen molar-refractivity contribution in [2.45, 2.75) is 45.3 Å². The molecule has 7 nitrogen and oxygen atoms in total. The highest BCUT2D eigenvalue weighted by atomic mass is 16.7. The van der Waals surface area contributed by atoms with Crippen molar-refractivity contribution >= 4 is 11.9 Å². The van der Waals surface area contributed by atoms with Crippen molar-refractivity contribution < 1.29 is 14.3 Å². The van der Waals surface area contributed by atoms with Crippen LogP contribution in [0.4, 0.5) is 5.95 Å². The summed E-state index contributed by atoms with van der Waals surface area (Å²) in [6.07, 6.45) is 3.58. The number of unbranched alkanes of at least 4 members (excludes halogenated alkanes) is 1. The Hall–Kier alpha value is -1.73. The molecule has 0 atom stereocenters. The number of carbonyl (C=O) groups excluding carboxylic acids is 1. The van der Waals surface area contributed by atoms with Gasteiger partial charge in [0.05, 0.1) is 13.2 Å². The number of nitrogens with one attached hydrogen (secondary N) is 1. The van der Waals surface area contributed by atoms with Crippen molar-refractivity contribution in [2.75, 3.05) is 38.2 Å². The van der Waals surface area contributed by atoms with Crippen molar-refractivity contribution in [1.82, 2.24) is 14.9 Å². The predicted molar refractivity (Wildman–Crippen MR) is 89.9 cm³/mol. The minimum absolute atomic E-state index is 0.0492. The molecule has 0 unspecified atom stereocenters. The lowest BCUT2D eigenvalue weighted by Crippen LogP contribution is -2.47. The molecule has 0 bridgehead atoms. The van der Waals surface area contributed by atoms with Crippen LogP contribution in [0.25, 0.3) is 0 Å². The van der Waals surface area contributed by atoms with Gasteiger partial charge in [0.25, 0.3) is 5.91 Å². The van der Waals surface area contributed by atoms with E-state index in [1.54, 1.807) is 6.07 Å². The van der Waals surface area contributed by atoms with E-state index in [1.165, 1.54) is 0 Å². The van der Waals surface area contributed by atoms with Crippen LogP contribution in [0.15, 0.2) is 6.07 Å². The first-order valence-electron chi connectivity index (χ1n) is 8.79. The van der Waals surface area contributed by atoms with Gasteiger partial charge in [0.2, 0.25) is 5.95 Å². The number of carbonyl (C=O) groups is 1. The fourth-order valence-electron chi connectivity index (χ4n) is 3.13. The van der Waals surface area contributed by atoms with E-state index in [-0.39, 0.29) is 5.91 Å². The zero-order valence-corrected chi connectivity index (χ0v) is 14.5. The van der Waals surface area contributed by atoms with Crippen molar-refractivity contribution in [3.05, 3.63) is 17.5 Å². The molecule has 0 aliphatic carbocycles. The molecule has 0 radical (unpaired) electrons. The molecule has 0 aromatic carbocycles.